The average Bonchev–Trinajstić information content (AvgIpc) is 2.31. The van der Waals surface area contributed by atoms with E-state index in [0.717, 1.165) is 12.8 Å². The molecule has 1 aromatic carbocycles. The molecular weight excluding hydrogens is 225 g/mol. The quantitative estimate of drug-likeness (QED) is 0.819. The van der Waals surface area contributed by atoms with Crippen LogP contribution in [0.1, 0.15) is 39.2 Å². The van der Waals surface area contributed by atoms with Crippen LogP contribution >= 0.6 is 11.6 Å². The SMILES string of the molecule is CCC(C)(CC)NCc1cccc(Cl)c1F. The van der Waals surface area contributed by atoms with Gasteiger partial charge >= 0.3 is 0 Å². The van der Waals surface area contributed by atoms with Crippen LogP contribution in [0.25, 0.3) is 0 Å². The van der Waals surface area contributed by atoms with Crippen molar-refractivity contribution in [1.82, 2.24) is 5.32 Å². The van der Waals surface area contributed by atoms with Crippen molar-refractivity contribution in [2.45, 2.75) is 45.7 Å². The van der Waals surface area contributed by atoms with E-state index in [1.165, 1.54) is 0 Å². The van der Waals surface area contributed by atoms with Gasteiger partial charge in [0.2, 0.25) is 0 Å². The van der Waals surface area contributed by atoms with E-state index in [0.29, 0.717) is 12.1 Å². The van der Waals surface area contributed by atoms with Crippen LogP contribution in [0.15, 0.2) is 18.2 Å². The largest absolute Gasteiger partial charge is 0.307 e. The maximum atomic E-state index is 13.6. The lowest BCUT2D eigenvalue weighted by Crippen LogP contribution is -2.40. The zero-order valence-corrected chi connectivity index (χ0v) is 10.9. The summed E-state index contributed by atoms with van der Waals surface area (Å²) >= 11 is 5.73. The van der Waals surface area contributed by atoms with E-state index < -0.39 is 0 Å². The minimum absolute atomic E-state index is 0.0642. The van der Waals surface area contributed by atoms with Crippen molar-refractivity contribution in [2.24, 2.45) is 0 Å². The van der Waals surface area contributed by atoms with Gasteiger partial charge in [0.15, 0.2) is 0 Å². The molecule has 3 heteroatoms. The minimum Gasteiger partial charge on any atom is -0.307 e. The molecule has 0 unspecified atom stereocenters. The first-order chi connectivity index (χ1) is 7.52. The van der Waals surface area contributed by atoms with Crippen LogP contribution in [0, 0.1) is 5.82 Å². The van der Waals surface area contributed by atoms with Crippen molar-refractivity contribution >= 4 is 11.6 Å². The summed E-state index contributed by atoms with van der Waals surface area (Å²) in [6.07, 6.45) is 2.04. The topological polar surface area (TPSA) is 12.0 Å². The molecule has 0 spiro atoms. The van der Waals surface area contributed by atoms with Gasteiger partial charge in [0.25, 0.3) is 0 Å². The summed E-state index contributed by atoms with van der Waals surface area (Å²) in [5.41, 5.74) is 0.690. The van der Waals surface area contributed by atoms with Crippen LogP contribution in [-0.4, -0.2) is 5.54 Å². The third-order valence-corrected chi connectivity index (χ3v) is 3.59. The predicted octanol–water partition coefficient (Wildman–Crippen LogP) is 4.15. The second kappa shape index (κ2) is 5.65. The lowest BCUT2D eigenvalue weighted by molar-refractivity contribution is 0.327. The Balaban J connectivity index is 2.71. The molecule has 0 fully saturated rings. The van der Waals surface area contributed by atoms with Crippen molar-refractivity contribution < 1.29 is 4.39 Å². The molecule has 0 saturated carbocycles. The monoisotopic (exact) mass is 243 g/mol. The molecule has 0 bridgehead atoms. The maximum Gasteiger partial charge on any atom is 0.146 e. The fourth-order valence-corrected chi connectivity index (χ4v) is 1.69. The number of nitrogens with one attached hydrogen (secondary N) is 1. The maximum absolute atomic E-state index is 13.6. The molecule has 16 heavy (non-hydrogen) atoms. The van der Waals surface area contributed by atoms with Gasteiger partial charge in [-0.1, -0.05) is 37.6 Å². The van der Waals surface area contributed by atoms with Crippen molar-refractivity contribution in [1.29, 1.82) is 0 Å². The van der Waals surface area contributed by atoms with E-state index in [-0.39, 0.29) is 16.4 Å². The van der Waals surface area contributed by atoms with E-state index >= 15 is 0 Å². The molecule has 90 valence electrons. The Morgan fingerprint density at radius 3 is 2.50 bits per heavy atom. The fourth-order valence-electron chi connectivity index (χ4n) is 1.49. The zero-order valence-electron chi connectivity index (χ0n) is 10.1. The van der Waals surface area contributed by atoms with Gasteiger partial charge in [0.05, 0.1) is 5.02 Å². The first-order valence-electron chi connectivity index (χ1n) is 5.70. The fraction of sp³-hybridized carbons (Fsp3) is 0.538. The molecule has 1 aromatic rings. The molecule has 0 aliphatic heterocycles. The summed E-state index contributed by atoms with van der Waals surface area (Å²) < 4.78 is 13.6. The summed E-state index contributed by atoms with van der Waals surface area (Å²) in [7, 11) is 0. The van der Waals surface area contributed by atoms with Crippen LogP contribution in [-0.2, 0) is 6.54 Å². The lowest BCUT2D eigenvalue weighted by atomic mass is 9.95. The van der Waals surface area contributed by atoms with Crippen LogP contribution in [0.3, 0.4) is 0 Å². The Bertz CT molecular complexity index is 348. The molecule has 1 N–H and O–H groups in total. The van der Waals surface area contributed by atoms with Gasteiger partial charge in [-0.15, -0.1) is 0 Å². The third-order valence-electron chi connectivity index (χ3n) is 3.30. The molecule has 0 aliphatic carbocycles. The molecule has 0 atom stereocenters. The van der Waals surface area contributed by atoms with E-state index in [1.807, 2.05) is 0 Å². The van der Waals surface area contributed by atoms with Crippen LogP contribution in [0.4, 0.5) is 4.39 Å². The van der Waals surface area contributed by atoms with E-state index in [4.69, 9.17) is 11.6 Å². The first-order valence-corrected chi connectivity index (χ1v) is 6.08. The highest BCUT2D eigenvalue weighted by Crippen LogP contribution is 2.20. The van der Waals surface area contributed by atoms with Crippen LogP contribution < -0.4 is 5.32 Å². The van der Waals surface area contributed by atoms with E-state index in [9.17, 15) is 4.39 Å². The smallest absolute Gasteiger partial charge is 0.146 e. The average molecular weight is 244 g/mol. The summed E-state index contributed by atoms with van der Waals surface area (Å²) in [5, 5.41) is 3.57. The molecule has 1 rings (SSSR count). The normalized spacial score (nSPS) is 11.8. The molecule has 0 saturated heterocycles. The molecule has 0 radical (unpaired) electrons. The van der Waals surface area contributed by atoms with E-state index in [1.54, 1.807) is 18.2 Å². The van der Waals surface area contributed by atoms with E-state index in [2.05, 4.69) is 26.1 Å². The highest BCUT2D eigenvalue weighted by Gasteiger charge is 2.19. The molecule has 0 aliphatic rings. The zero-order chi connectivity index (χ0) is 12.2. The highest BCUT2D eigenvalue weighted by atomic mass is 35.5. The molecular formula is C13H19ClFN. The number of halogens is 2. The Labute approximate surface area is 102 Å². The van der Waals surface area contributed by atoms with Gasteiger partial charge in [-0.05, 0) is 25.8 Å². The lowest BCUT2D eigenvalue weighted by Gasteiger charge is -2.28. The van der Waals surface area contributed by atoms with Gasteiger partial charge in [0, 0.05) is 17.6 Å². The predicted molar refractivity (Wildman–Crippen MR) is 67.2 cm³/mol. The molecule has 0 amide bonds. The summed E-state index contributed by atoms with van der Waals surface area (Å²) in [4.78, 5) is 0. The molecule has 0 heterocycles. The van der Waals surface area contributed by atoms with Crippen LogP contribution in [0.2, 0.25) is 5.02 Å². The molecule has 0 aromatic heterocycles. The van der Waals surface area contributed by atoms with Crippen LogP contribution in [0.5, 0.6) is 0 Å². The van der Waals surface area contributed by atoms with Gasteiger partial charge in [-0.2, -0.15) is 0 Å². The van der Waals surface area contributed by atoms with Crippen molar-refractivity contribution in [3.8, 4) is 0 Å². The minimum atomic E-state index is -0.314. The Morgan fingerprint density at radius 1 is 1.31 bits per heavy atom. The number of rotatable bonds is 5. The highest BCUT2D eigenvalue weighted by molar-refractivity contribution is 6.30. The number of hydrogen-bond acceptors (Lipinski definition) is 1. The summed E-state index contributed by atoms with van der Waals surface area (Å²) in [5.74, 6) is -0.314. The Kier molecular flexibility index (Phi) is 4.75. The summed E-state index contributed by atoms with van der Waals surface area (Å²) in [6, 6.07) is 5.11. The van der Waals surface area contributed by atoms with Crippen molar-refractivity contribution in [3.05, 3.63) is 34.6 Å². The molecule has 1 nitrogen and oxygen atoms in total. The van der Waals surface area contributed by atoms with Crippen molar-refractivity contribution in [3.63, 3.8) is 0 Å². The Hall–Kier alpha value is -0.600. The van der Waals surface area contributed by atoms with Gasteiger partial charge in [0.1, 0.15) is 5.82 Å². The third kappa shape index (κ3) is 3.19. The number of benzene rings is 1. The second-order valence-electron chi connectivity index (χ2n) is 4.33. The second-order valence-corrected chi connectivity index (χ2v) is 4.74. The van der Waals surface area contributed by atoms with Crippen molar-refractivity contribution in [2.75, 3.05) is 0 Å². The first kappa shape index (κ1) is 13.5. The summed E-state index contributed by atoms with van der Waals surface area (Å²) in [6.45, 7) is 6.93. The Morgan fingerprint density at radius 2 is 1.94 bits per heavy atom. The van der Waals surface area contributed by atoms with Gasteiger partial charge in [-0.3, -0.25) is 0 Å². The number of hydrogen-bond donors (Lipinski definition) is 1. The standard InChI is InChI=1S/C13H19ClFN/c1-4-13(3,5-2)16-9-10-7-6-8-11(14)12(10)15/h6-8,16H,4-5,9H2,1-3H3. The van der Waals surface area contributed by atoms with Gasteiger partial charge in [-0.25, -0.2) is 4.39 Å². The van der Waals surface area contributed by atoms with Gasteiger partial charge < -0.3 is 5.32 Å².